The van der Waals surface area contributed by atoms with Gasteiger partial charge < -0.3 is 9.80 Å². The number of fused-ring (bicyclic) bond motifs is 5. The number of benzene rings is 8. The van der Waals surface area contributed by atoms with E-state index in [9.17, 15) is 0 Å². The van der Waals surface area contributed by atoms with Crippen LogP contribution in [0.3, 0.4) is 0 Å². The van der Waals surface area contributed by atoms with Gasteiger partial charge in [-0.25, -0.2) is 0 Å². The number of anilines is 6. The summed E-state index contributed by atoms with van der Waals surface area (Å²) in [6, 6.07) is 69.7. The molecule has 2 nitrogen and oxygen atoms in total. The Morgan fingerprint density at radius 2 is 0.837 bits per heavy atom. The Balaban J connectivity index is 1.43. The molecule has 9 rings (SSSR count). The predicted octanol–water partition coefficient (Wildman–Crippen LogP) is 13.8. The average molecular weight is 645 g/mol. The van der Waals surface area contributed by atoms with Crippen molar-refractivity contribution < 1.29 is 0 Å². The van der Waals surface area contributed by atoms with Crippen LogP contribution in [-0.2, 0) is 0 Å². The quantitative estimate of drug-likeness (QED) is 0.170. The van der Waals surface area contributed by atoms with E-state index in [1.165, 1.54) is 42.1 Å². The zero-order valence-corrected chi connectivity index (χ0v) is 27.6. The number of para-hydroxylation sites is 4. The first-order valence-electron chi connectivity index (χ1n) is 16.6. The van der Waals surface area contributed by atoms with Gasteiger partial charge in [-0.1, -0.05) is 146 Å². The first-order valence-corrected chi connectivity index (χ1v) is 17.4. The number of hydrogen-bond acceptors (Lipinski definition) is 3. The van der Waals surface area contributed by atoms with Crippen LogP contribution in [0, 0.1) is 0 Å². The minimum Gasteiger partial charge on any atom is -0.308 e. The van der Waals surface area contributed by atoms with Crippen LogP contribution >= 0.6 is 11.3 Å². The Bertz CT molecular complexity index is 2500. The minimum absolute atomic E-state index is 1.10. The zero-order valence-electron chi connectivity index (χ0n) is 26.8. The average Bonchev–Trinajstić information content (AvgIpc) is 3.57. The molecule has 0 N–H and O–H groups in total. The van der Waals surface area contributed by atoms with E-state index in [0.29, 0.717) is 0 Å². The van der Waals surface area contributed by atoms with Crippen LogP contribution in [0.2, 0.25) is 0 Å². The highest BCUT2D eigenvalue weighted by Gasteiger charge is 2.27. The maximum atomic E-state index is 2.44. The third-order valence-electron chi connectivity index (χ3n) is 9.22. The molecule has 49 heavy (non-hydrogen) atoms. The Kier molecular flexibility index (Phi) is 7.38. The van der Waals surface area contributed by atoms with Crippen LogP contribution in [0.15, 0.2) is 194 Å². The molecule has 0 aliphatic heterocycles. The van der Waals surface area contributed by atoms with Crippen molar-refractivity contribution in [2.75, 3.05) is 9.80 Å². The highest BCUT2D eigenvalue weighted by Crippen LogP contribution is 2.53. The van der Waals surface area contributed by atoms with Gasteiger partial charge in [0, 0.05) is 38.1 Å². The molecule has 0 unspecified atom stereocenters. The van der Waals surface area contributed by atoms with E-state index in [4.69, 9.17) is 0 Å². The molecule has 9 aromatic rings. The molecule has 0 saturated heterocycles. The summed E-state index contributed by atoms with van der Waals surface area (Å²) in [6.07, 6.45) is 0. The summed E-state index contributed by atoms with van der Waals surface area (Å²) in [5.74, 6) is 0. The second-order valence-corrected chi connectivity index (χ2v) is 13.2. The van der Waals surface area contributed by atoms with Gasteiger partial charge in [0.1, 0.15) is 0 Å². The summed E-state index contributed by atoms with van der Waals surface area (Å²) in [5.41, 5.74) is 9.03. The molecule has 0 spiro atoms. The number of nitrogens with zero attached hydrogens (tertiary/aromatic N) is 2. The Labute approximate surface area is 290 Å². The molecule has 0 amide bonds. The Morgan fingerprint density at radius 3 is 1.51 bits per heavy atom. The lowest BCUT2D eigenvalue weighted by atomic mass is 10.0. The second-order valence-electron chi connectivity index (χ2n) is 12.1. The van der Waals surface area contributed by atoms with Crippen LogP contribution in [0.5, 0.6) is 0 Å². The van der Waals surface area contributed by atoms with E-state index < -0.39 is 0 Å². The second kappa shape index (κ2) is 12.5. The van der Waals surface area contributed by atoms with E-state index in [1.54, 1.807) is 0 Å². The van der Waals surface area contributed by atoms with Gasteiger partial charge in [0.2, 0.25) is 0 Å². The normalized spacial score (nSPS) is 11.3. The third kappa shape index (κ3) is 5.12. The van der Waals surface area contributed by atoms with Crippen LogP contribution in [0.4, 0.5) is 34.1 Å². The van der Waals surface area contributed by atoms with Crippen molar-refractivity contribution in [1.29, 1.82) is 0 Å². The molecule has 1 heterocycles. The van der Waals surface area contributed by atoms with Crippen LogP contribution in [-0.4, -0.2) is 0 Å². The molecular weight excluding hydrogens is 613 g/mol. The fourth-order valence-electron chi connectivity index (χ4n) is 7.02. The first kappa shape index (κ1) is 29.0. The standard InChI is InChI=1S/C46H32N2S/c1-5-17-33(18-6-1)38-26-15-16-28-42(38)48(37-24-11-4-12-25-37)43-32-31-41-40-30-29-34-19-13-14-27-39(34)45(40)49-46(41)44(43)47(35-20-7-2-8-21-35)36-22-9-3-10-23-36/h1-32H. The Morgan fingerprint density at radius 1 is 0.327 bits per heavy atom. The lowest BCUT2D eigenvalue weighted by Crippen LogP contribution is -2.17. The number of hydrogen-bond donors (Lipinski definition) is 0. The van der Waals surface area contributed by atoms with Gasteiger partial charge in [-0.15, -0.1) is 11.3 Å². The molecule has 0 bridgehead atoms. The van der Waals surface area contributed by atoms with Crippen molar-refractivity contribution in [3.8, 4) is 11.1 Å². The molecule has 0 radical (unpaired) electrons. The fourth-order valence-corrected chi connectivity index (χ4v) is 8.39. The fraction of sp³-hybridized carbons (Fsp3) is 0. The highest BCUT2D eigenvalue weighted by atomic mass is 32.1. The monoisotopic (exact) mass is 644 g/mol. The molecule has 232 valence electrons. The van der Waals surface area contributed by atoms with Crippen molar-refractivity contribution >= 4 is 76.4 Å². The zero-order chi connectivity index (χ0) is 32.6. The summed E-state index contributed by atoms with van der Waals surface area (Å²) in [4.78, 5) is 4.88. The van der Waals surface area contributed by atoms with Gasteiger partial charge in [0.25, 0.3) is 0 Å². The highest BCUT2D eigenvalue weighted by molar-refractivity contribution is 7.27. The lowest BCUT2D eigenvalue weighted by molar-refractivity contribution is 1.24. The minimum atomic E-state index is 1.10. The molecular formula is C46H32N2S. The van der Waals surface area contributed by atoms with Gasteiger partial charge in [-0.2, -0.15) is 0 Å². The van der Waals surface area contributed by atoms with Crippen molar-refractivity contribution in [1.82, 2.24) is 0 Å². The van der Waals surface area contributed by atoms with Gasteiger partial charge in [-0.3, -0.25) is 0 Å². The summed E-state index contributed by atoms with van der Waals surface area (Å²) >= 11 is 1.89. The molecule has 0 aliphatic rings. The van der Waals surface area contributed by atoms with Gasteiger partial charge in [0.15, 0.2) is 0 Å². The van der Waals surface area contributed by atoms with E-state index in [1.807, 2.05) is 11.3 Å². The molecule has 0 saturated carbocycles. The number of rotatable bonds is 7. The third-order valence-corrected chi connectivity index (χ3v) is 10.5. The van der Waals surface area contributed by atoms with Crippen LogP contribution in [0.25, 0.3) is 42.1 Å². The Hall–Kier alpha value is -6.16. The summed E-state index contributed by atoms with van der Waals surface area (Å²) < 4.78 is 2.55. The van der Waals surface area contributed by atoms with Crippen molar-refractivity contribution in [2.24, 2.45) is 0 Å². The smallest absolute Gasteiger partial charge is 0.0883 e. The predicted molar refractivity (Wildman–Crippen MR) is 212 cm³/mol. The van der Waals surface area contributed by atoms with Crippen LogP contribution < -0.4 is 9.80 Å². The van der Waals surface area contributed by atoms with Gasteiger partial charge >= 0.3 is 0 Å². The number of thiophene rings is 1. The molecule has 3 heteroatoms. The van der Waals surface area contributed by atoms with Crippen molar-refractivity contribution in [3.05, 3.63) is 194 Å². The summed E-state index contributed by atoms with van der Waals surface area (Å²) in [7, 11) is 0. The van der Waals surface area contributed by atoms with Crippen molar-refractivity contribution in [3.63, 3.8) is 0 Å². The SMILES string of the molecule is c1ccc(-c2ccccc2N(c2ccccc2)c2ccc3c(sc4c5ccccc5ccc34)c2N(c2ccccc2)c2ccccc2)cc1. The van der Waals surface area contributed by atoms with Gasteiger partial charge in [0.05, 0.1) is 21.8 Å². The van der Waals surface area contributed by atoms with E-state index in [-0.39, 0.29) is 0 Å². The molecule has 8 aromatic carbocycles. The van der Waals surface area contributed by atoms with Gasteiger partial charge in [-0.05, 0) is 64.9 Å². The summed E-state index contributed by atoms with van der Waals surface area (Å²) in [5, 5.41) is 5.08. The maximum Gasteiger partial charge on any atom is 0.0883 e. The van der Waals surface area contributed by atoms with E-state index in [2.05, 4.69) is 204 Å². The molecule has 1 aromatic heterocycles. The molecule has 0 atom stereocenters. The topological polar surface area (TPSA) is 6.48 Å². The maximum absolute atomic E-state index is 2.44. The molecule has 0 fully saturated rings. The van der Waals surface area contributed by atoms with Crippen LogP contribution in [0.1, 0.15) is 0 Å². The summed E-state index contributed by atoms with van der Waals surface area (Å²) in [6.45, 7) is 0. The lowest BCUT2D eigenvalue weighted by Gasteiger charge is -2.34. The van der Waals surface area contributed by atoms with E-state index in [0.717, 1.165) is 34.1 Å². The first-order chi connectivity index (χ1) is 24.3. The van der Waals surface area contributed by atoms with Crippen molar-refractivity contribution in [2.45, 2.75) is 0 Å². The largest absolute Gasteiger partial charge is 0.308 e. The molecule has 0 aliphatic carbocycles. The van der Waals surface area contributed by atoms with E-state index >= 15 is 0 Å².